The standard InChI is InChI=1S/C11H18O3/c12-9-11(13-7-4-8-14-11)10-5-2-1-3-6-10/h9-10H,1-8H2. The summed E-state index contributed by atoms with van der Waals surface area (Å²) in [5.74, 6) is -0.604. The summed E-state index contributed by atoms with van der Waals surface area (Å²) >= 11 is 0. The molecule has 80 valence electrons. The van der Waals surface area contributed by atoms with Crippen LogP contribution in [0.3, 0.4) is 0 Å². The predicted octanol–water partition coefficient (Wildman–Crippen LogP) is 1.90. The van der Waals surface area contributed by atoms with Gasteiger partial charge >= 0.3 is 0 Å². The molecule has 1 heterocycles. The molecule has 0 aromatic rings. The van der Waals surface area contributed by atoms with Crippen molar-refractivity contribution in [1.29, 1.82) is 0 Å². The Labute approximate surface area is 84.8 Å². The van der Waals surface area contributed by atoms with E-state index in [-0.39, 0.29) is 5.92 Å². The summed E-state index contributed by atoms with van der Waals surface area (Å²) in [6, 6.07) is 0. The molecular weight excluding hydrogens is 180 g/mol. The van der Waals surface area contributed by atoms with E-state index in [4.69, 9.17) is 9.47 Å². The van der Waals surface area contributed by atoms with E-state index >= 15 is 0 Å². The lowest BCUT2D eigenvalue weighted by molar-refractivity contribution is -0.271. The fourth-order valence-corrected chi connectivity index (χ4v) is 2.47. The fourth-order valence-electron chi connectivity index (χ4n) is 2.47. The van der Waals surface area contributed by atoms with E-state index in [0.717, 1.165) is 25.5 Å². The zero-order valence-corrected chi connectivity index (χ0v) is 8.54. The van der Waals surface area contributed by atoms with Gasteiger partial charge in [0.05, 0.1) is 13.2 Å². The summed E-state index contributed by atoms with van der Waals surface area (Å²) < 4.78 is 11.1. The molecule has 1 saturated carbocycles. The first-order chi connectivity index (χ1) is 6.87. The van der Waals surface area contributed by atoms with Crippen LogP contribution in [0.4, 0.5) is 0 Å². The third-order valence-electron chi connectivity index (χ3n) is 3.28. The Kier molecular flexibility index (Phi) is 3.19. The number of hydrogen-bond acceptors (Lipinski definition) is 3. The maximum absolute atomic E-state index is 11.1. The van der Waals surface area contributed by atoms with Gasteiger partial charge in [0.2, 0.25) is 5.79 Å². The molecule has 0 unspecified atom stereocenters. The topological polar surface area (TPSA) is 35.5 Å². The minimum Gasteiger partial charge on any atom is -0.344 e. The molecule has 0 aromatic heterocycles. The summed E-state index contributed by atoms with van der Waals surface area (Å²) in [5.41, 5.74) is 0. The number of carbonyl (C=O) groups excluding carboxylic acids is 1. The predicted molar refractivity (Wildman–Crippen MR) is 51.9 cm³/mol. The second kappa shape index (κ2) is 4.41. The van der Waals surface area contributed by atoms with Crippen LogP contribution in [0, 0.1) is 5.92 Å². The molecule has 0 aromatic carbocycles. The molecule has 1 aliphatic heterocycles. The maximum Gasteiger partial charge on any atom is 0.228 e. The average molecular weight is 198 g/mol. The molecule has 3 heteroatoms. The first-order valence-electron chi connectivity index (χ1n) is 5.62. The van der Waals surface area contributed by atoms with Gasteiger partial charge in [-0.05, 0) is 19.3 Å². The van der Waals surface area contributed by atoms with Gasteiger partial charge in [0.15, 0.2) is 6.29 Å². The van der Waals surface area contributed by atoms with Crippen molar-refractivity contribution in [3.8, 4) is 0 Å². The van der Waals surface area contributed by atoms with E-state index in [2.05, 4.69) is 0 Å². The maximum atomic E-state index is 11.1. The minimum atomic E-state index is -0.890. The normalized spacial score (nSPS) is 28.6. The van der Waals surface area contributed by atoms with Crippen LogP contribution in [0.15, 0.2) is 0 Å². The fraction of sp³-hybridized carbons (Fsp3) is 0.909. The Hall–Kier alpha value is -0.410. The van der Waals surface area contributed by atoms with Gasteiger partial charge in [0.1, 0.15) is 0 Å². The van der Waals surface area contributed by atoms with Crippen molar-refractivity contribution in [2.75, 3.05) is 13.2 Å². The summed E-state index contributed by atoms with van der Waals surface area (Å²) in [4.78, 5) is 11.1. The third-order valence-corrected chi connectivity index (χ3v) is 3.28. The first kappa shape index (κ1) is 10.1. The van der Waals surface area contributed by atoms with Crippen molar-refractivity contribution in [3.05, 3.63) is 0 Å². The molecule has 2 fully saturated rings. The summed E-state index contributed by atoms with van der Waals surface area (Å²) in [6.45, 7) is 1.32. The molecule has 0 bridgehead atoms. The van der Waals surface area contributed by atoms with Gasteiger partial charge in [-0.1, -0.05) is 19.3 Å². The van der Waals surface area contributed by atoms with Crippen LogP contribution >= 0.6 is 0 Å². The third kappa shape index (κ3) is 1.84. The van der Waals surface area contributed by atoms with Gasteiger partial charge in [0.25, 0.3) is 0 Å². The van der Waals surface area contributed by atoms with Crippen LogP contribution in [0.5, 0.6) is 0 Å². The van der Waals surface area contributed by atoms with Crippen LogP contribution < -0.4 is 0 Å². The Morgan fingerprint density at radius 2 is 1.64 bits per heavy atom. The quantitative estimate of drug-likeness (QED) is 0.636. The van der Waals surface area contributed by atoms with Gasteiger partial charge in [0, 0.05) is 5.92 Å². The minimum absolute atomic E-state index is 0.286. The van der Waals surface area contributed by atoms with Crippen LogP contribution in [0.2, 0.25) is 0 Å². The Morgan fingerprint density at radius 1 is 1.00 bits per heavy atom. The first-order valence-corrected chi connectivity index (χ1v) is 5.62. The van der Waals surface area contributed by atoms with Crippen LogP contribution in [0.1, 0.15) is 38.5 Å². The van der Waals surface area contributed by atoms with Crippen LogP contribution in [-0.4, -0.2) is 25.3 Å². The van der Waals surface area contributed by atoms with E-state index in [1.165, 1.54) is 19.3 Å². The van der Waals surface area contributed by atoms with Crippen molar-refractivity contribution in [2.45, 2.75) is 44.3 Å². The number of ether oxygens (including phenoxy) is 2. The largest absolute Gasteiger partial charge is 0.344 e. The summed E-state index contributed by atoms with van der Waals surface area (Å²) in [5, 5.41) is 0. The molecule has 0 spiro atoms. The van der Waals surface area contributed by atoms with Crippen molar-refractivity contribution in [2.24, 2.45) is 5.92 Å². The Morgan fingerprint density at radius 3 is 2.21 bits per heavy atom. The average Bonchev–Trinajstić information content (AvgIpc) is 2.31. The highest BCUT2D eigenvalue weighted by atomic mass is 16.7. The highest BCUT2D eigenvalue weighted by Gasteiger charge is 2.43. The molecule has 0 radical (unpaired) electrons. The van der Waals surface area contributed by atoms with Gasteiger partial charge in [-0.3, -0.25) is 4.79 Å². The summed E-state index contributed by atoms with van der Waals surface area (Å²) in [7, 11) is 0. The Bertz CT molecular complexity index is 191. The molecule has 0 amide bonds. The molecule has 2 rings (SSSR count). The van der Waals surface area contributed by atoms with Gasteiger partial charge in [-0.25, -0.2) is 0 Å². The number of rotatable bonds is 2. The monoisotopic (exact) mass is 198 g/mol. The molecule has 1 saturated heterocycles. The van der Waals surface area contributed by atoms with E-state index in [1.807, 2.05) is 0 Å². The zero-order chi connectivity index (χ0) is 9.86. The zero-order valence-electron chi connectivity index (χ0n) is 8.54. The lowest BCUT2D eigenvalue weighted by Crippen LogP contribution is -2.49. The van der Waals surface area contributed by atoms with E-state index in [9.17, 15) is 4.79 Å². The molecule has 14 heavy (non-hydrogen) atoms. The highest BCUT2D eigenvalue weighted by molar-refractivity contribution is 5.61. The lowest BCUT2D eigenvalue weighted by atomic mass is 9.83. The van der Waals surface area contributed by atoms with E-state index < -0.39 is 5.79 Å². The van der Waals surface area contributed by atoms with Crippen molar-refractivity contribution < 1.29 is 14.3 Å². The summed E-state index contributed by atoms with van der Waals surface area (Å²) in [6.07, 6.45) is 7.60. The van der Waals surface area contributed by atoms with Gasteiger partial charge in [-0.15, -0.1) is 0 Å². The number of carbonyl (C=O) groups is 1. The SMILES string of the molecule is O=CC1(C2CCCCC2)OCCCO1. The van der Waals surface area contributed by atoms with Gasteiger partial charge < -0.3 is 9.47 Å². The highest BCUT2D eigenvalue weighted by Crippen LogP contribution is 2.36. The number of aldehydes is 1. The molecule has 3 nitrogen and oxygen atoms in total. The molecular formula is C11H18O3. The molecule has 2 aliphatic rings. The van der Waals surface area contributed by atoms with Crippen molar-refractivity contribution in [3.63, 3.8) is 0 Å². The van der Waals surface area contributed by atoms with Crippen LogP contribution in [0.25, 0.3) is 0 Å². The molecule has 1 aliphatic carbocycles. The molecule has 0 atom stereocenters. The van der Waals surface area contributed by atoms with Crippen molar-refractivity contribution >= 4 is 6.29 Å². The van der Waals surface area contributed by atoms with Crippen molar-refractivity contribution in [1.82, 2.24) is 0 Å². The molecule has 0 N–H and O–H groups in total. The van der Waals surface area contributed by atoms with Crippen LogP contribution in [-0.2, 0) is 14.3 Å². The second-order valence-electron chi connectivity index (χ2n) is 4.22. The van der Waals surface area contributed by atoms with E-state index in [0.29, 0.717) is 13.2 Å². The van der Waals surface area contributed by atoms with E-state index in [1.54, 1.807) is 0 Å². The Balaban J connectivity index is 2.04. The lowest BCUT2D eigenvalue weighted by Gasteiger charge is -2.40. The number of hydrogen-bond donors (Lipinski definition) is 0. The van der Waals surface area contributed by atoms with Gasteiger partial charge in [-0.2, -0.15) is 0 Å². The smallest absolute Gasteiger partial charge is 0.228 e. The second-order valence-corrected chi connectivity index (χ2v) is 4.22.